The number of aromatic nitrogens is 1. The summed E-state index contributed by atoms with van der Waals surface area (Å²) in [6.07, 6.45) is 0.460. The Morgan fingerprint density at radius 2 is 1.72 bits per heavy atom. The van der Waals surface area contributed by atoms with Gasteiger partial charge in [-0.05, 0) is 23.6 Å². The lowest BCUT2D eigenvalue weighted by Gasteiger charge is -2.24. The van der Waals surface area contributed by atoms with Crippen molar-refractivity contribution in [3.05, 3.63) is 111 Å². The number of carbonyl (C=O) groups is 3. The lowest BCUT2D eigenvalue weighted by Crippen LogP contribution is -2.49. The molecular weight excluding hydrogens is 614 g/mol. The third-order valence-electron chi connectivity index (χ3n) is 7.74. The number of benzene rings is 3. The van der Waals surface area contributed by atoms with E-state index in [1.165, 1.54) is 10.8 Å². The topological polar surface area (TPSA) is 154 Å². The second-order valence-corrected chi connectivity index (χ2v) is 10.9. The Morgan fingerprint density at radius 3 is 2.36 bits per heavy atom. The molecule has 5 N–H and O–H groups in total. The van der Waals surface area contributed by atoms with Gasteiger partial charge in [0.2, 0.25) is 11.8 Å². The van der Waals surface area contributed by atoms with E-state index < -0.39 is 41.7 Å². The largest absolute Gasteiger partial charge is 0.480 e. The summed E-state index contributed by atoms with van der Waals surface area (Å²) in [5, 5.41) is 20.9. The van der Waals surface area contributed by atoms with Gasteiger partial charge >= 0.3 is 12.1 Å². The molecule has 1 aliphatic heterocycles. The van der Waals surface area contributed by atoms with Crippen molar-refractivity contribution < 1.29 is 33.0 Å². The summed E-state index contributed by atoms with van der Waals surface area (Å²) in [6, 6.07) is 17.2. The number of carboxylic acids is 1. The molecule has 0 saturated carbocycles. The number of nitrogens with zero attached hydrogens (tertiary/aromatic N) is 2. The van der Waals surface area contributed by atoms with Crippen molar-refractivity contribution >= 4 is 35.1 Å². The Morgan fingerprint density at radius 1 is 1.06 bits per heavy atom. The summed E-state index contributed by atoms with van der Waals surface area (Å²) in [6.45, 7) is 0.515. The fourth-order valence-corrected chi connectivity index (χ4v) is 5.29. The van der Waals surface area contributed by atoms with E-state index in [1.807, 2.05) is 30.3 Å². The van der Waals surface area contributed by atoms with Gasteiger partial charge in [0.1, 0.15) is 30.4 Å². The van der Waals surface area contributed by atoms with E-state index in [0.717, 1.165) is 16.5 Å². The van der Waals surface area contributed by atoms with E-state index in [-0.39, 0.29) is 54.5 Å². The highest BCUT2D eigenvalue weighted by Crippen LogP contribution is 2.26. The smallest absolute Gasteiger partial charge is 0.408 e. The maximum absolute atomic E-state index is 16.1. The molecule has 2 amide bonds. The number of halogens is 2. The van der Waals surface area contributed by atoms with Crippen molar-refractivity contribution in [3.63, 3.8) is 0 Å². The minimum absolute atomic E-state index is 0.129. The molecular formula is C33H34F2N6O6. The fraction of sp³-hybridized carbons (Fsp3) is 0.273. The maximum atomic E-state index is 16.1. The van der Waals surface area contributed by atoms with Gasteiger partial charge in [-0.1, -0.05) is 60.7 Å². The average molecular weight is 649 g/mol. The molecule has 0 bridgehead atoms. The Hall–Kier alpha value is -5.18. The van der Waals surface area contributed by atoms with Crippen LogP contribution >= 0.6 is 0 Å². The number of pyridine rings is 1. The number of carbonyl (C=O) groups excluding carboxylic acids is 2. The van der Waals surface area contributed by atoms with E-state index in [0.29, 0.717) is 25.1 Å². The maximum Gasteiger partial charge on any atom is 0.408 e. The zero-order valence-corrected chi connectivity index (χ0v) is 25.2. The third kappa shape index (κ3) is 8.16. The Kier molecular flexibility index (Phi) is 10.9. The van der Waals surface area contributed by atoms with Crippen molar-refractivity contribution in [2.75, 3.05) is 24.5 Å². The van der Waals surface area contributed by atoms with Crippen LogP contribution < -0.4 is 31.6 Å². The molecule has 3 aromatic carbocycles. The van der Waals surface area contributed by atoms with Crippen LogP contribution in [0.25, 0.3) is 10.9 Å². The van der Waals surface area contributed by atoms with Crippen molar-refractivity contribution in [1.29, 1.82) is 0 Å². The first-order valence-electron chi connectivity index (χ1n) is 14.9. The van der Waals surface area contributed by atoms with E-state index >= 15 is 8.78 Å². The first-order chi connectivity index (χ1) is 22.7. The molecule has 1 atom stereocenters. The standard InChI is InChI=1S/C33H34F2N6O6/c34-25-15-23-29(28(35)24(25)16-38-32-36-12-13-37-32)40(14-11-21-7-3-1-4-8-21)18-27(30(23)43)41(20-42)17-26(31(44)45)39-33(46)47-19-22-9-5-2-6-10-22/h1-10,15,18,20,26,32,36-38H,11-14,16-17,19H2,(H,39,46)(H,44,45). The molecule has 5 rings (SSSR count). The van der Waals surface area contributed by atoms with Crippen LogP contribution in [0.5, 0.6) is 0 Å². The highest BCUT2D eigenvalue weighted by molar-refractivity contribution is 5.88. The molecule has 1 aromatic heterocycles. The first-order valence-corrected chi connectivity index (χ1v) is 14.9. The summed E-state index contributed by atoms with van der Waals surface area (Å²) in [7, 11) is 0. The molecule has 1 fully saturated rings. The Labute approximate surface area is 268 Å². The van der Waals surface area contributed by atoms with Gasteiger partial charge in [0.25, 0.3) is 0 Å². The molecule has 1 aliphatic rings. The highest BCUT2D eigenvalue weighted by Gasteiger charge is 2.28. The molecule has 12 nitrogen and oxygen atoms in total. The second-order valence-electron chi connectivity index (χ2n) is 10.9. The molecule has 4 aromatic rings. The second kappa shape index (κ2) is 15.4. The average Bonchev–Trinajstić information content (AvgIpc) is 3.60. The summed E-state index contributed by atoms with van der Waals surface area (Å²) < 4.78 is 38.1. The van der Waals surface area contributed by atoms with Gasteiger partial charge in [0.15, 0.2) is 5.82 Å². The molecule has 246 valence electrons. The zero-order valence-electron chi connectivity index (χ0n) is 25.2. The fourth-order valence-electron chi connectivity index (χ4n) is 5.29. The molecule has 2 heterocycles. The summed E-state index contributed by atoms with van der Waals surface area (Å²) >= 11 is 0. The number of aliphatic carboxylic acids is 1. The van der Waals surface area contributed by atoms with Gasteiger partial charge in [-0.15, -0.1) is 0 Å². The van der Waals surface area contributed by atoms with Gasteiger partial charge in [0, 0.05) is 37.9 Å². The number of carboxylic acid groups (broad SMARTS) is 1. The van der Waals surface area contributed by atoms with E-state index in [4.69, 9.17) is 4.74 Å². The minimum Gasteiger partial charge on any atom is -0.480 e. The van der Waals surface area contributed by atoms with Gasteiger partial charge in [-0.3, -0.25) is 25.5 Å². The third-order valence-corrected chi connectivity index (χ3v) is 7.74. The Balaban J connectivity index is 1.46. The zero-order chi connectivity index (χ0) is 33.3. The van der Waals surface area contributed by atoms with Crippen LogP contribution in [0, 0.1) is 11.6 Å². The molecule has 47 heavy (non-hydrogen) atoms. The molecule has 0 spiro atoms. The van der Waals surface area contributed by atoms with E-state index in [1.54, 1.807) is 30.3 Å². The number of aryl methyl sites for hydroxylation is 2. The molecule has 1 saturated heterocycles. The monoisotopic (exact) mass is 648 g/mol. The predicted molar refractivity (Wildman–Crippen MR) is 169 cm³/mol. The lowest BCUT2D eigenvalue weighted by atomic mass is 10.1. The van der Waals surface area contributed by atoms with Crippen LogP contribution in [0.2, 0.25) is 0 Å². The van der Waals surface area contributed by atoms with Crippen LogP contribution in [-0.2, 0) is 40.4 Å². The summed E-state index contributed by atoms with van der Waals surface area (Å²) in [5.74, 6) is -3.40. The first kappa shape index (κ1) is 33.2. The van der Waals surface area contributed by atoms with Crippen LogP contribution in [0.1, 0.15) is 16.7 Å². The summed E-state index contributed by atoms with van der Waals surface area (Å²) in [4.78, 5) is 51.4. The van der Waals surface area contributed by atoms with Crippen LogP contribution in [0.3, 0.4) is 0 Å². The number of nitrogens with one attached hydrogen (secondary N) is 4. The molecule has 14 heteroatoms. The van der Waals surface area contributed by atoms with Crippen molar-refractivity contribution in [1.82, 2.24) is 25.8 Å². The number of hydrogen-bond donors (Lipinski definition) is 5. The van der Waals surface area contributed by atoms with Crippen molar-refractivity contribution in [3.8, 4) is 0 Å². The summed E-state index contributed by atoms with van der Waals surface area (Å²) in [5.41, 5.74) is -0.0827. The molecule has 1 unspecified atom stereocenters. The number of amides is 2. The number of fused-ring (bicyclic) bond motifs is 1. The van der Waals surface area contributed by atoms with Crippen LogP contribution in [-0.4, -0.2) is 60.1 Å². The lowest BCUT2D eigenvalue weighted by molar-refractivity contribution is -0.139. The van der Waals surface area contributed by atoms with Crippen LogP contribution in [0.15, 0.2) is 77.7 Å². The van der Waals surface area contributed by atoms with Gasteiger partial charge in [-0.2, -0.15) is 0 Å². The highest BCUT2D eigenvalue weighted by atomic mass is 19.1. The van der Waals surface area contributed by atoms with Gasteiger partial charge < -0.3 is 24.6 Å². The predicted octanol–water partition coefficient (Wildman–Crippen LogP) is 2.43. The number of hydrogen-bond acceptors (Lipinski definition) is 8. The number of ether oxygens (including phenoxy) is 1. The van der Waals surface area contributed by atoms with Crippen molar-refractivity contribution in [2.45, 2.75) is 38.4 Å². The number of alkyl carbamates (subject to hydrolysis) is 1. The molecule has 0 radical (unpaired) electrons. The number of anilines is 1. The quantitative estimate of drug-likeness (QED) is 0.130. The molecule has 0 aliphatic carbocycles. The SMILES string of the molecule is O=CN(CC(NC(=O)OCc1ccccc1)C(=O)O)c1cn(CCc2ccccc2)c2c(F)c(CNC3NCCN3)c(F)cc2c1=O. The van der Waals surface area contributed by atoms with Gasteiger partial charge in [0.05, 0.1) is 17.4 Å². The van der Waals surface area contributed by atoms with E-state index in [9.17, 15) is 24.3 Å². The minimum atomic E-state index is -1.68. The van der Waals surface area contributed by atoms with Gasteiger partial charge in [-0.25, -0.2) is 18.4 Å². The van der Waals surface area contributed by atoms with Crippen molar-refractivity contribution in [2.24, 2.45) is 0 Å². The normalized spacial score (nSPS) is 13.7. The van der Waals surface area contributed by atoms with E-state index in [2.05, 4.69) is 21.3 Å². The number of rotatable bonds is 14. The Bertz CT molecular complexity index is 1780. The van der Waals surface area contributed by atoms with Crippen LogP contribution in [0.4, 0.5) is 19.3 Å².